The summed E-state index contributed by atoms with van der Waals surface area (Å²) in [5, 5.41) is 6.76. The summed E-state index contributed by atoms with van der Waals surface area (Å²) >= 11 is 0. The Morgan fingerprint density at radius 3 is 2.52 bits per heavy atom. The Hall–Kier alpha value is -3.35. The maximum Gasteiger partial charge on any atom is 0.319 e. The minimum Gasteiger partial charge on any atom is -0.342 e. The van der Waals surface area contributed by atoms with Crippen LogP contribution in [0.15, 0.2) is 55.0 Å². The number of nitrogens with one attached hydrogen (secondary N) is 2. The molecule has 2 heterocycles. The van der Waals surface area contributed by atoms with Gasteiger partial charge in [-0.25, -0.2) is 4.79 Å². The number of amides is 3. The monoisotopic (exact) mass is 393 g/mol. The first kappa shape index (κ1) is 20.4. The highest BCUT2D eigenvalue weighted by molar-refractivity contribution is 5.93. The summed E-state index contributed by atoms with van der Waals surface area (Å²) in [7, 11) is 0. The van der Waals surface area contributed by atoms with Crippen LogP contribution in [0.1, 0.15) is 32.4 Å². The van der Waals surface area contributed by atoms with E-state index >= 15 is 0 Å². The van der Waals surface area contributed by atoms with Gasteiger partial charge in [-0.3, -0.25) is 9.78 Å². The fourth-order valence-electron chi connectivity index (χ4n) is 3.34. The summed E-state index contributed by atoms with van der Waals surface area (Å²) in [6, 6.07) is 11.0. The lowest BCUT2D eigenvalue weighted by Gasteiger charge is -2.19. The number of carbonyl (C=O) groups excluding carboxylic acids is 2. The third-order valence-electron chi connectivity index (χ3n) is 5.00. The van der Waals surface area contributed by atoms with E-state index in [1.807, 2.05) is 72.8 Å². The molecule has 3 aromatic rings. The lowest BCUT2D eigenvalue weighted by Crippen LogP contribution is -2.33. The van der Waals surface area contributed by atoms with Gasteiger partial charge in [0.15, 0.2) is 0 Å². The Bertz CT molecular complexity index is 979. The van der Waals surface area contributed by atoms with E-state index in [0.717, 1.165) is 16.5 Å². The first-order chi connectivity index (χ1) is 14.0. The normalized spacial score (nSPS) is 11.8. The summed E-state index contributed by atoms with van der Waals surface area (Å²) < 4.78 is 1.94. The van der Waals surface area contributed by atoms with Crippen LogP contribution in [0.2, 0.25) is 0 Å². The summed E-state index contributed by atoms with van der Waals surface area (Å²) in [6.45, 7) is 7.60. The average molecular weight is 393 g/mol. The molecular formula is C22H27N5O2. The molecule has 0 bridgehead atoms. The van der Waals surface area contributed by atoms with Crippen molar-refractivity contribution in [2.45, 2.75) is 33.4 Å². The molecule has 1 aromatic carbocycles. The van der Waals surface area contributed by atoms with Gasteiger partial charge in [-0.05, 0) is 62.7 Å². The molecule has 3 rings (SSSR count). The van der Waals surface area contributed by atoms with Gasteiger partial charge in [0.1, 0.15) is 6.54 Å². The molecule has 0 saturated carbocycles. The Labute approximate surface area is 170 Å². The number of anilines is 1. The van der Waals surface area contributed by atoms with Gasteiger partial charge >= 0.3 is 6.03 Å². The zero-order valence-corrected chi connectivity index (χ0v) is 17.1. The van der Waals surface area contributed by atoms with Crippen LogP contribution in [0.3, 0.4) is 0 Å². The minimum absolute atomic E-state index is 0.0965. The van der Waals surface area contributed by atoms with Crippen molar-refractivity contribution in [3.8, 4) is 0 Å². The number of aromatic nitrogens is 2. The van der Waals surface area contributed by atoms with E-state index < -0.39 is 0 Å². The van der Waals surface area contributed by atoms with E-state index in [1.165, 1.54) is 0 Å². The highest BCUT2D eigenvalue weighted by atomic mass is 16.2. The zero-order valence-electron chi connectivity index (χ0n) is 17.1. The predicted molar refractivity (Wildman–Crippen MR) is 115 cm³/mol. The molecule has 0 aliphatic carbocycles. The molecule has 1 unspecified atom stereocenters. The molecule has 2 N–H and O–H groups in total. The van der Waals surface area contributed by atoms with Gasteiger partial charge in [-0.15, -0.1) is 0 Å². The quantitative estimate of drug-likeness (QED) is 0.641. The molecule has 0 fully saturated rings. The van der Waals surface area contributed by atoms with Gasteiger partial charge in [-0.1, -0.05) is 0 Å². The van der Waals surface area contributed by atoms with Crippen molar-refractivity contribution in [2.75, 3.05) is 18.4 Å². The Morgan fingerprint density at radius 1 is 1.10 bits per heavy atom. The van der Waals surface area contributed by atoms with Gasteiger partial charge in [0.2, 0.25) is 5.91 Å². The molecule has 0 spiro atoms. The molecule has 0 aliphatic heterocycles. The van der Waals surface area contributed by atoms with Crippen molar-refractivity contribution in [3.05, 3.63) is 60.6 Å². The number of urea groups is 1. The summed E-state index contributed by atoms with van der Waals surface area (Å²) in [4.78, 5) is 30.5. The van der Waals surface area contributed by atoms with E-state index in [4.69, 9.17) is 0 Å². The first-order valence-electron chi connectivity index (χ1n) is 9.86. The third kappa shape index (κ3) is 4.93. The van der Waals surface area contributed by atoms with Gasteiger partial charge in [0.05, 0.1) is 6.04 Å². The molecule has 0 aliphatic rings. The van der Waals surface area contributed by atoms with Crippen molar-refractivity contribution in [3.63, 3.8) is 0 Å². The number of fused-ring (bicyclic) bond motifs is 1. The van der Waals surface area contributed by atoms with Crippen LogP contribution >= 0.6 is 0 Å². The second kappa shape index (κ2) is 9.23. The van der Waals surface area contributed by atoms with Crippen molar-refractivity contribution in [1.29, 1.82) is 0 Å². The second-order valence-corrected chi connectivity index (χ2v) is 6.88. The largest absolute Gasteiger partial charge is 0.342 e. The third-order valence-corrected chi connectivity index (χ3v) is 5.00. The fraction of sp³-hybridized carbons (Fsp3) is 0.318. The maximum atomic E-state index is 12.4. The average Bonchev–Trinajstić information content (AvgIpc) is 3.11. The van der Waals surface area contributed by atoms with Crippen LogP contribution in [-0.4, -0.2) is 39.5 Å². The number of hydrogen-bond acceptors (Lipinski definition) is 3. The molecule has 3 amide bonds. The maximum absolute atomic E-state index is 12.4. The molecule has 0 saturated heterocycles. The predicted octanol–water partition coefficient (Wildman–Crippen LogP) is 3.79. The number of likely N-dealkylation sites (N-methyl/N-ethyl adjacent to an activating group) is 1. The van der Waals surface area contributed by atoms with E-state index in [0.29, 0.717) is 25.3 Å². The van der Waals surface area contributed by atoms with Crippen LogP contribution in [0, 0.1) is 0 Å². The topological polar surface area (TPSA) is 79.3 Å². The summed E-state index contributed by atoms with van der Waals surface area (Å²) in [5.74, 6) is 0.0965. The molecule has 152 valence electrons. The van der Waals surface area contributed by atoms with E-state index in [2.05, 4.69) is 15.6 Å². The lowest BCUT2D eigenvalue weighted by molar-refractivity contribution is -0.131. The highest BCUT2D eigenvalue weighted by Gasteiger charge is 2.13. The molecule has 0 radical (unpaired) electrons. The van der Waals surface area contributed by atoms with E-state index in [1.54, 1.807) is 12.4 Å². The molecule has 7 nitrogen and oxygen atoms in total. The van der Waals surface area contributed by atoms with Gasteiger partial charge < -0.3 is 20.1 Å². The summed E-state index contributed by atoms with van der Waals surface area (Å²) in [5.41, 5.74) is 2.65. The molecule has 29 heavy (non-hydrogen) atoms. The van der Waals surface area contributed by atoms with Crippen LogP contribution < -0.4 is 10.6 Å². The van der Waals surface area contributed by atoms with Crippen LogP contribution in [-0.2, 0) is 11.3 Å². The number of carbonyl (C=O) groups is 2. The lowest BCUT2D eigenvalue weighted by atomic mass is 10.1. The minimum atomic E-state index is -0.273. The van der Waals surface area contributed by atoms with Gasteiger partial charge in [0, 0.05) is 48.3 Å². The Morgan fingerprint density at radius 2 is 1.83 bits per heavy atom. The highest BCUT2D eigenvalue weighted by Crippen LogP contribution is 2.21. The van der Waals surface area contributed by atoms with Crippen molar-refractivity contribution in [2.24, 2.45) is 0 Å². The molecule has 2 aromatic heterocycles. The second-order valence-electron chi connectivity index (χ2n) is 6.88. The van der Waals surface area contributed by atoms with E-state index in [-0.39, 0.29) is 18.0 Å². The standard InChI is InChI=1S/C22H27N5O2/c1-4-26(5-2)21(28)15-27-13-10-18-14-19(6-7-20(18)27)25-22(29)24-16(3)17-8-11-23-12-9-17/h6-14,16H,4-5,15H2,1-3H3,(H2,24,25,29). The number of nitrogens with zero attached hydrogens (tertiary/aromatic N) is 3. The number of benzene rings is 1. The molecular weight excluding hydrogens is 366 g/mol. The fourth-order valence-corrected chi connectivity index (χ4v) is 3.34. The van der Waals surface area contributed by atoms with Gasteiger partial charge in [-0.2, -0.15) is 0 Å². The number of rotatable bonds is 7. The smallest absolute Gasteiger partial charge is 0.319 e. The van der Waals surface area contributed by atoms with Crippen LogP contribution in [0.4, 0.5) is 10.5 Å². The Kier molecular flexibility index (Phi) is 6.49. The Balaban J connectivity index is 1.66. The molecule has 1 atom stereocenters. The number of hydrogen-bond donors (Lipinski definition) is 2. The van der Waals surface area contributed by atoms with Crippen molar-refractivity contribution in [1.82, 2.24) is 19.8 Å². The number of pyridine rings is 1. The van der Waals surface area contributed by atoms with Crippen molar-refractivity contribution < 1.29 is 9.59 Å². The van der Waals surface area contributed by atoms with Crippen LogP contribution in [0.5, 0.6) is 0 Å². The SMILES string of the molecule is CCN(CC)C(=O)Cn1ccc2cc(NC(=O)NC(C)c3ccncc3)ccc21. The van der Waals surface area contributed by atoms with Gasteiger partial charge in [0.25, 0.3) is 0 Å². The van der Waals surface area contributed by atoms with Crippen molar-refractivity contribution >= 4 is 28.5 Å². The van der Waals surface area contributed by atoms with E-state index in [9.17, 15) is 9.59 Å². The first-order valence-corrected chi connectivity index (χ1v) is 9.86. The summed E-state index contributed by atoms with van der Waals surface area (Å²) in [6.07, 6.45) is 5.31. The zero-order chi connectivity index (χ0) is 20.8. The molecule has 7 heteroatoms. The van der Waals surface area contributed by atoms with Crippen LogP contribution in [0.25, 0.3) is 10.9 Å².